The molecule has 5 heteroatoms. The van der Waals surface area contributed by atoms with Gasteiger partial charge in [-0.15, -0.1) is 11.3 Å². The average molecular weight is 224 g/mol. The van der Waals surface area contributed by atoms with Gasteiger partial charge in [0.2, 0.25) is 0 Å². The van der Waals surface area contributed by atoms with E-state index in [2.05, 4.69) is 4.98 Å². The van der Waals surface area contributed by atoms with Crippen LogP contribution >= 0.6 is 11.3 Å². The lowest BCUT2D eigenvalue weighted by Gasteiger charge is -2.25. The number of carbonyl (C=O) groups excluding carboxylic acids is 2. The van der Waals surface area contributed by atoms with Crippen LogP contribution in [0.15, 0.2) is 5.38 Å². The van der Waals surface area contributed by atoms with Gasteiger partial charge in [-0.1, -0.05) is 0 Å². The SMILES string of the molecule is Cc1nc(C(=O)N2CCC(=O)CC2)cs1. The zero-order chi connectivity index (χ0) is 10.8. The first-order valence-corrected chi connectivity index (χ1v) is 5.78. The van der Waals surface area contributed by atoms with Crippen molar-refractivity contribution in [3.63, 3.8) is 0 Å². The fourth-order valence-electron chi connectivity index (χ4n) is 1.58. The predicted octanol–water partition coefficient (Wildman–Crippen LogP) is 1.26. The summed E-state index contributed by atoms with van der Waals surface area (Å²) < 4.78 is 0. The predicted molar refractivity (Wildman–Crippen MR) is 57.0 cm³/mol. The summed E-state index contributed by atoms with van der Waals surface area (Å²) >= 11 is 1.47. The Balaban J connectivity index is 2.05. The lowest BCUT2D eigenvalue weighted by molar-refractivity contribution is -0.120. The number of aromatic nitrogens is 1. The maximum absolute atomic E-state index is 11.9. The molecule has 0 atom stereocenters. The lowest BCUT2D eigenvalue weighted by atomic mass is 10.1. The Hall–Kier alpha value is -1.23. The topological polar surface area (TPSA) is 50.3 Å². The van der Waals surface area contributed by atoms with E-state index in [0.29, 0.717) is 31.6 Å². The molecule has 0 unspecified atom stereocenters. The highest BCUT2D eigenvalue weighted by molar-refractivity contribution is 7.09. The fourth-order valence-corrected chi connectivity index (χ4v) is 2.17. The first-order chi connectivity index (χ1) is 7.16. The number of Topliss-reactive ketones (excluding diaryl/α,β-unsaturated/α-hetero) is 1. The number of carbonyl (C=O) groups is 2. The van der Waals surface area contributed by atoms with Crippen molar-refractivity contribution in [3.05, 3.63) is 16.1 Å². The molecular formula is C10H12N2O2S. The van der Waals surface area contributed by atoms with Crippen molar-refractivity contribution < 1.29 is 9.59 Å². The van der Waals surface area contributed by atoms with Crippen LogP contribution < -0.4 is 0 Å². The van der Waals surface area contributed by atoms with Crippen molar-refractivity contribution in [2.75, 3.05) is 13.1 Å². The molecule has 0 N–H and O–H groups in total. The van der Waals surface area contributed by atoms with Gasteiger partial charge in [-0.05, 0) is 6.92 Å². The average Bonchev–Trinajstić information content (AvgIpc) is 2.65. The zero-order valence-electron chi connectivity index (χ0n) is 8.52. The van der Waals surface area contributed by atoms with E-state index >= 15 is 0 Å². The molecule has 1 aromatic heterocycles. The third-order valence-electron chi connectivity index (χ3n) is 2.45. The fraction of sp³-hybridized carbons (Fsp3) is 0.500. The third-order valence-corrected chi connectivity index (χ3v) is 3.22. The molecule has 0 spiro atoms. The maximum Gasteiger partial charge on any atom is 0.273 e. The molecule has 1 aliphatic rings. The molecule has 1 aliphatic heterocycles. The Bertz CT molecular complexity index is 390. The summed E-state index contributed by atoms with van der Waals surface area (Å²) in [6.45, 7) is 2.95. The number of piperidine rings is 1. The van der Waals surface area contributed by atoms with Gasteiger partial charge < -0.3 is 4.90 Å². The van der Waals surface area contributed by atoms with Crippen LogP contribution in [0, 0.1) is 6.92 Å². The van der Waals surface area contributed by atoms with Crippen molar-refractivity contribution in [2.45, 2.75) is 19.8 Å². The van der Waals surface area contributed by atoms with E-state index < -0.39 is 0 Å². The Morgan fingerprint density at radius 2 is 2.13 bits per heavy atom. The van der Waals surface area contributed by atoms with Crippen molar-refractivity contribution in [2.24, 2.45) is 0 Å². The van der Waals surface area contributed by atoms with Gasteiger partial charge in [0.15, 0.2) is 0 Å². The highest BCUT2D eigenvalue weighted by atomic mass is 32.1. The smallest absolute Gasteiger partial charge is 0.273 e. The third kappa shape index (κ3) is 2.23. The summed E-state index contributed by atoms with van der Waals surface area (Å²) in [6, 6.07) is 0. The molecule has 0 aromatic carbocycles. The summed E-state index contributed by atoms with van der Waals surface area (Å²) in [5.41, 5.74) is 0.506. The van der Waals surface area contributed by atoms with Crippen LogP contribution in [0.5, 0.6) is 0 Å². The van der Waals surface area contributed by atoms with E-state index in [1.54, 1.807) is 10.3 Å². The number of hydrogen-bond donors (Lipinski definition) is 0. The highest BCUT2D eigenvalue weighted by Crippen LogP contribution is 2.13. The van der Waals surface area contributed by atoms with E-state index in [0.717, 1.165) is 5.01 Å². The molecular weight excluding hydrogens is 212 g/mol. The molecule has 0 aliphatic carbocycles. The van der Waals surface area contributed by atoms with E-state index in [9.17, 15) is 9.59 Å². The summed E-state index contributed by atoms with van der Waals surface area (Å²) in [6.07, 6.45) is 0.962. The molecule has 2 heterocycles. The van der Waals surface area contributed by atoms with Crippen LogP contribution in [0.2, 0.25) is 0 Å². The number of ketones is 1. The minimum atomic E-state index is -0.0492. The normalized spacial score (nSPS) is 16.9. The molecule has 0 bridgehead atoms. The zero-order valence-corrected chi connectivity index (χ0v) is 9.34. The van der Waals surface area contributed by atoms with Crippen LogP contribution in [0.25, 0.3) is 0 Å². The van der Waals surface area contributed by atoms with Crippen LogP contribution in [-0.2, 0) is 4.79 Å². The molecule has 80 valence electrons. The van der Waals surface area contributed by atoms with Crippen molar-refractivity contribution >= 4 is 23.0 Å². The number of aryl methyl sites for hydroxylation is 1. The number of amides is 1. The van der Waals surface area contributed by atoms with Crippen LogP contribution in [-0.4, -0.2) is 34.7 Å². The minimum Gasteiger partial charge on any atom is -0.336 e. The van der Waals surface area contributed by atoms with Gasteiger partial charge in [0.1, 0.15) is 11.5 Å². The lowest BCUT2D eigenvalue weighted by Crippen LogP contribution is -2.38. The summed E-state index contributed by atoms with van der Waals surface area (Å²) in [5.74, 6) is 0.195. The molecule has 4 nitrogen and oxygen atoms in total. The molecule has 0 saturated carbocycles. The van der Waals surface area contributed by atoms with Crippen LogP contribution in [0.3, 0.4) is 0 Å². The van der Waals surface area contributed by atoms with Crippen molar-refractivity contribution in [1.82, 2.24) is 9.88 Å². The number of rotatable bonds is 1. The molecule has 0 radical (unpaired) electrons. The molecule has 1 fully saturated rings. The first-order valence-electron chi connectivity index (χ1n) is 4.90. The second kappa shape index (κ2) is 4.10. The van der Waals surface area contributed by atoms with Gasteiger partial charge in [0.25, 0.3) is 5.91 Å². The number of hydrogen-bond acceptors (Lipinski definition) is 4. The molecule has 2 rings (SSSR count). The second-order valence-electron chi connectivity index (χ2n) is 3.58. The van der Waals surface area contributed by atoms with Gasteiger partial charge in [0.05, 0.1) is 5.01 Å². The van der Waals surface area contributed by atoms with E-state index in [-0.39, 0.29) is 11.7 Å². The highest BCUT2D eigenvalue weighted by Gasteiger charge is 2.23. The number of nitrogens with zero attached hydrogens (tertiary/aromatic N) is 2. The first kappa shape index (κ1) is 10.3. The Labute approximate surface area is 91.9 Å². The Kier molecular flexibility index (Phi) is 2.81. The summed E-state index contributed by atoms with van der Waals surface area (Å²) in [4.78, 5) is 28.8. The molecule has 1 amide bonds. The number of likely N-dealkylation sites (tertiary alicyclic amines) is 1. The Morgan fingerprint density at radius 1 is 1.47 bits per heavy atom. The van der Waals surface area contributed by atoms with Crippen LogP contribution in [0.1, 0.15) is 28.3 Å². The minimum absolute atomic E-state index is 0.0492. The summed E-state index contributed by atoms with van der Waals surface area (Å²) in [7, 11) is 0. The van der Waals surface area contributed by atoms with E-state index in [1.807, 2.05) is 6.92 Å². The van der Waals surface area contributed by atoms with E-state index in [4.69, 9.17) is 0 Å². The quantitative estimate of drug-likeness (QED) is 0.721. The van der Waals surface area contributed by atoms with Crippen LogP contribution in [0.4, 0.5) is 0 Å². The van der Waals surface area contributed by atoms with E-state index in [1.165, 1.54) is 11.3 Å². The maximum atomic E-state index is 11.9. The van der Waals surface area contributed by atoms with Gasteiger partial charge in [-0.3, -0.25) is 9.59 Å². The van der Waals surface area contributed by atoms with Gasteiger partial charge >= 0.3 is 0 Å². The largest absolute Gasteiger partial charge is 0.336 e. The second-order valence-corrected chi connectivity index (χ2v) is 4.64. The van der Waals surface area contributed by atoms with Gasteiger partial charge in [-0.25, -0.2) is 4.98 Å². The standard InChI is InChI=1S/C10H12N2O2S/c1-7-11-9(6-15-7)10(14)12-4-2-8(13)3-5-12/h6H,2-5H2,1H3. The van der Waals surface area contributed by atoms with Gasteiger partial charge in [0, 0.05) is 31.3 Å². The van der Waals surface area contributed by atoms with Crippen molar-refractivity contribution in [1.29, 1.82) is 0 Å². The van der Waals surface area contributed by atoms with Gasteiger partial charge in [-0.2, -0.15) is 0 Å². The summed E-state index contributed by atoms with van der Waals surface area (Å²) in [5, 5.41) is 2.67. The Morgan fingerprint density at radius 3 is 2.67 bits per heavy atom. The number of thiazole rings is 1. The molecule has 15 heavy (non-hydrogen) atoms. The van der Waals surface area contributed by atoms with Crippen molar-refractivity contribution in [3.8, 4) is 0 Å². The molecule has 1 aromatic rings. The monoisotopic (exact) mass is 224 g/mol. The molecule has 1 saturated heterocycles.